The van der Waals surface area contributed by atoms with Crippen molar-refractivity contribution < 1.29 is 14.3 Å². The SMILES string of the molecule is CC(C)[C@H](N)C(=O)N(C[C@H]1CCCN(C(=O)OC(C)(C)C)C1)C1CC1. The van der Waals surface area contributed by atoms with Gasteiger partial charge in [0.25, 0.3) is 0 Å². The van der Waals surface area contributed by atoms with Crippen LogP contribution in [0.25, 0.3) is 0 Å². The Bertz CT molecular complexity index is 483. The van der Waals surface area contributed by atoms with Crippen LogP contribution in [-0.2, 0) is 9.53 Å². The third-order valence-corrected chi connectivity index (χ3v) is 4.90. The molecule has 0 aromatic rings. The van der Waals surface area contributed by atoms with Crippen LogP contribution < -0.4 is 5.73 Å². The Morgan fingerprint density at radius 2 is 1.88 bits per heavy atom. The quantitative estimate of drug-likeness (QED) is 0.824. The number of piperidine rings is 1. The first-order valence-corrected chi connectivity index (χ1v) is 9.62. The molecule has 6 heteroatoms. The van der Waals surface area contributed by atoms with Crippen LogP contribution in [-0.4, -0.2) is 59.1 Å². The third-order valence-electron chi connectivity index (χ3n) is 4.90. The number of carbonyl (C=O) groups is 2. The average Bonchev–Trinajstić information content (AvgIpc) is 3.34. The normalized spacial score (nSPS) is 22.7. The van der Waals surface area contributed by atoms with Gasteiger partial charge in [0, 0.05) is 25.7 Å². The Hall–Kier alpha value is -1.30. The molecule has 0 radical (unpaired) electrons. The molecule has 0 bridgehead atoms. The van der Waals surface area contributed by atoms with Crippen LogP contribution in [0, 0.1) is 11.8 Å². The van der Waals surface area contributed by atoms with Crippen LogP contribution >= 0.6 is 0 Å². The van der Waals surface area contributed by atoms with Crippen LogP contribution in [0.2, 0.25) is 0 Å². The van der Waals surface area contributed by atoms with Gasteiger partial charge < -0.3 is 20.3 Å². The second-order valence-electron chi connectivity index (χ2n) is 8.93. The van der Waals surface area contributed by atoms with Crippen molar-refractivity contribution in [2.24, 2.45) is 17.6 Å². The highest BCUT2D eigenvalue weighted by Gasteiger charge is 2.38. The van der Waals surface area contributed by atoms with Crippen LogP contribution in [0.15, 0.2) is 0 Å². The molecular formula is C19H35N3O3. The summed E-state index contributed by atoms with van der Waals surface area (Å²) >= 11 is 0. The molecule has 25 heavy (non-hydrogen) atoms. The molecule has 2 amide bonds. The number of nitrogens with zero attached hydrogens (tertiary/aromatic N) is 2. The summed E-state index contributed by atoms with van der Waals surface area (Å²) in [6.45, 7) is 11.7. The monoisotopic (exact) mass is 353 g/mol. The fraction of sp³-hybridized carbons (Fsp3) is 0.895. The van der Waals surface area contributed by atoms with Crippen molar-refractivity contribution in [2.75, 3.05) is 19.6 Å². The lowest BCUT2D eigenvalue weighted by Gasteiger charge is -2.37. The van der Waals surface area contributed by atoms with Gasteiger partial charge in [-0.05, 0) is 58.3 Å². The first-order chi connectivity index (χ1) is 11.6. The molecule has 2 rings (SSSR count). The minimum atomic E-state index is -0.482. The first kappa shape index (κ1) is 20.0. The zero-order valence-electron chi connectivity index (χ0n) is 16.5. The summed E-state index contributed by atoms with van der Waals surface area (Å²) < 4.78 is 5.49. The molecule has 6 nitrogen and oxygen atoms in total. The summed E-state index contributed by atoms with van der Waals surface area (Å²) in [7, 11) is 0. The van der Waals surface area contributed by atoms with Gasteiger partial charge in [-0.15, -0.1) is 0 Å². The van der Waals surface area contributed by atoms with Crippen molar-refractivity contribution in [1.82, 2.24) is 9.80 Å². The highest BCUT2D eigenvalue weighted by atomic mass is 16.6. The lowest BCUT2D eigenvalue weighted by Crippen LogP contribution is -2.51. The van der Waals surface area contributed by atoms with Gasteiger partial charge in [-0.2, -0.15) is 0 Å². The van der Waals surface area contributed by atoms with Crippen molar-refractivity contribution >= 4 is 12.0 Å². The molecule has 0 unspecified atom stereocenters. The molecule has 0 spiro atoms. The zero-order valence-corrected chi connectivity index (χ0v) is 16.5. The van der Waals surface area contributed by atoms with E-state index in [4.69, 9.17) is 10.5 Å². The molecular weight excluding hydrogens is 318 g/mol. The van der Waals surface area contributed by atoms with Gasteiger partial charge in [0.15, 0.2) is 0 Å². The fourth-order valence-corrected chi connectivity index (χ4v) is 3.27. The van der Waals surface area contributed by atoms with E-state index in [2.05, 4.69) is 0 Å². The van der Waals surface area contributed by atoms with Crippen LogP contribution in [0.1, 0.15) is 60.3 Å². The Labute approximate surface area is 152 Å². The van der Waals surface area contributed by atoms with Crippen LogP contribution in [0.3, 0.4) is 0 Å². The molecule has 0 aromatic heterocycles. The largest absolute Gasteiger partial charge is 0.444 e. The molecule has 0 aromatic carbocycles. The number of hydrogen-bond acceptors (Lipinski definition) is 4. The second kappa shape index (κ2) is 7.94. The topological polar surface area (TPSA) is 75.9 Å². The molecule has 1 aliphatic heterocycles. The Kier molecular flexibility index (Phi) is 6.35. The van der Waals surface area contributed by atoms with Crippen molar-refractivity contribution in [3.05, 3.63) is 0 Å². The van der Waals surface area contributed by atoms with E-state index in [0.29, 0.717) is 25.0 Å². The maximum atomic E-state index is 12.7. The number of carbonyl (C=O) groups excluding carboxylic acids is 2. The highest BCUT2D eigenvalue weighted by molar-refractivity contribution is 5.82. The standard InChI is InChI=1S/C19H35N3O3/c1-13(2)16(20)17(23)22(15-8-9-15)12-14-7-6-10-21(11-14)18(24)25-19(3,4)5/h13-16H,6-12,20H2,1-5H3/t14-,16-/m0/s1. The Morgan fingerprint density at radius 3 is 2.40 bits per heavy atom. The van der Waals surface area contributed by atoms with Gasteiger partial charge in [-0.1, -0.05) is 13.8 Å². The minimum absolute atomic E-state index is 0.0619. The van der Waals surface area contributed by atoms with Gasteiger partial charge in [0.1, 0.15) is 5.60 Å². The van der Waals surface area contributed by atoms with Gasteiger partial charge in [-0.3, -0.25) is 4.79 Å². The lowest BCUT2D eigenvalue weighted by molar-refractivity contribution is -0.135. The van der Waals surface area contributed by atoms with Crippen molar-refractivity contribution in [1.29, 1.82) is 0 Å². The molecule has 2 atom stereocenters. The van der Waals surface area contributed by atoms with Gasteiger partial charge in [-0.25, -0.2) is 4.79 Å². The first-order valence-electron chi connectivity index (χ1n) is 9.62. The number of likely N-dealkylation sites (tertiary alicyclic amines) is 1. The van der Waals surface area contributed by atoms with E-state index in [0.717, 1.165) is 32.2 Å². The average molecular weight is 354 g/mol. The van der Waals surface area contributed by atoms with Crippen molar-refractivity contribution in [3.63, 3.8) is 0 Å². The number of ether oxygens (including phenoxy) is 1. The smallest absolute Gasteiger partial charge is 0.410 e. The Morgan fingerprint density at radius 1 is 1.24 bits per heavy atom. The van der Waals surface area contributed by atoms with E-state index in [1.165, 1.54) is 0 Å². The van der Waals surface area contributed by atoms with E-state index >= 15 is 0 Å². The van der Waals surface area contributed by atoms with Crippen molar-refractivity contribution in [3.8, 4) is 0 Å². The summed E-state index contributed by atoms with van der Waals surface area (Å²) in [5.41, 5.74) is 5.62. The molecule has 2 N–H and O–H groups in total. The lowest BCUT2D eigenvalue weighted by atomic mass is 9.96. The summed E-state index contributed by atoms with van der Waals surface area (Å²) in [4.78, 5) is 28.8. The van der Waals surface area contributed by atoms with Crippen molar-refractivity contribution in [2.45, 2.75) is 78.0 Å². The number of rotatable bonds is 5. The third kappa shape index (κ3) is 5.87. The molecule has 1 heterocycles. The highest BCUT2D eigenvalue weighted by Crippen LogP contribution is 2.30. The zero-order chi connectivity index (χ0) is 18.8. The van der Waals surface area contributed by atoms with Crippen LogP contribution in [0.4, 0.5) is 4.79 Å². The van der Waals surface area contributed by atoms with E-state index in [9.17, 15) is 9.59 Å². The fourth-order valence-electron chi connectivity index (χ4n) is 3.27. The molecule has 1 saturated heterocycles. The maximum absolute atomic E-state index is 12.7. The number of amides is 2. The van der Waals surface area contributed by atoms with E-state index < -0.39 is 11.6 Å². The summed E-state index contributed by atoms with van der Waals surface area (Å²) in [5, 5.41) is 0. The molecule has 2 fully saturated rings. The van der Waals surface area contributed by atoms with E-state index in [1.807, 2.05) is 39.5 Å². The van der Waals surface area contributed by atoms with Crippen LogP contribution in [0.5, 0.6) is 0 Å². The summed E-state index contributed by atoms with van der Waals surface area (Å²) in [6.07, 6.45) is 3.87. The molecule has 144 valence electrons. The second-order valence-corrected chi connectivity index (χ2v) is 8.93. The molecule has 1 aliphatic carbocycles. The molecule has 1 saturated carbocycles. The minimum Gasteiger partial charge on any atom is -0.444 e. The molecule has 2 aliphatic rings. The van der Waals surface area contributed by atoms with Gasteiger partial charge >= 0.3 is 6.09 Å². The predicted octanol–water partition coefficient (Wildman–Crippen LogP) is 2.61. The van der Waals surface area contributed by atoms with E-state index in [-0.39, 0.29) is 17.9 Å². The summed E-state index contributed by atoms with van der Waals surface area (Å²) in [6, 6.07) is -0.0969. The van der Waals surface area contributed by atoms with E-state index in [1.54, 1.807) is 4.90 Å². The predicted molar refractivity (Wildman–Crippen MR) is 98.1 cm³/mol. The van der Waals surface area contributed by atoms with Gasteiger partial charge in [0.05, 0.1) is 6.04 Å². The maximum Gasteiger partial charge on any atom is 0.410 e. The number of nitrogens with two attached hydrogens (primary N) is 1. The Balaban J connectivity index is 1.95. The summed E-state index contributed by atoms with van der Waals surface area (Å²) in [5.74, 6) is 0.496. The number of hydrogen-bond donors (Lipinski definition) is 1. The van der Waals surface area contributed by atoms with Gasteiger partial charge in [0.2, 0.25) is 5.91 Å².